The summed E-state index contributed by atoms with van der Waals surface area (Å²) in [6.45, 7) is 3.58. The van der Waals surface area contributed by atoms with E-state index >= 15 is 0 Å². The van der Waals surface area contributed by atoms with E-state index in [0.29, 0.717) is 30.1 Å². The number of fused-ring (bicyclic) bond motifs is 1. The van der Waals surface area contributed by atoms with E-state index < -0.39 is 0 Å². The lowest BCUT2D eigenvalue weighted by molar-refractivity contribution is -0.128. The van der Waals surface area contributed by atoms with Gasteiger partial charge in [-0.25, -0.2) is 0 Å². The normalized spacial score (nSPS) is 14.1. The summed E-state index contributed by atoms with van der Waals surface area (Å²) in [6, 6.07) is 13.3. The van der Waals surface area contributed by atoms with E-state index in [9.17, 15) is 9.59 Å². The predicted octanol–water partition coefficient (Wildman–Crippen LogP) is 4.45. The number of furan rings is 1. The number of hydrogen-bond acceptors (Lipinski definition) is 3. The number of likely N-dealkylation sites (tertiary alicyclic amines) is 1. The molecule has 2 amide bonds. The molecule has 144 valence electrons. The molecule has 1 aliphatic rings. The monoisotopic (exact) mass is 396 g/mol. The molecule has 0 bridgehead atoms. The topological polar surface area (TPSA) is 62.6 Å². The van der Waals surface area contributed by atoms with Crippen LogP contribution in [0.3, 0.4) is 0 Å². The molecule has 4 rings (SSSR count). The van der Waals surface area contributed by atoms with E-state index in [1.807, 2.05) is 48.2 Å². The number of hydrogen-bond donors (Lipinski definition) is 1. The third kappa shape index (κ3) is 3.50. The van der Waals surface area contributed by atoms with Crippen LogP contribution < -0.4 is 5.32 Å². The third-order valence-electron chi connectivity index (χ3n) is 5.21. The van der Waals surface area contributed by atoms with Crippen LogP contribution in [0.5, 0.6) is 0 Å². The fourth-order valence-corrected chi connectivity index (χ4v) is 3.86. The number of amides is 2. The maximum atomic E-state index is 12.7. The number of nitrogens with zero attached hydrogens (tertiary/aromatic N) is 1. The van der Waals surface area contributed by atoms with E-state index in [2.05, 4.69) is 5.32 Å². The fraction of sp³-hybridized carbons (Fsp3) is 0.273. The lowest BCUT2D eigenvalue weighted by Crippen LogP contribution is -2.27. The smallest absolute Gasteiger partial charge is 0.287 e. The summed E-state index contributed by atoms with van der Waals surface area (Å²) in [5, 5.41) is 4.26. The van der Waals surface area contributed by atoms with Crippen LogP contribution in [0.15, 0.2) is 46.9 Å². The Morgan fingerprint density at radius 1 is 1.18 bits per heavy atom. The first-order valence-corrected chi connectivity index (χ1v) is 9.73. The number of nitrogens with one attached hydrogen (secondary N) is 1. The number of para-hydroxylation sites is 1. The van der Waals surface area contributed by atoms with Gasteiger partial charge in [0.25, 0.3) is 5.91 Å². The molecule has 0 atom stereocenters. The SMILES string of the molecule is Cc1c(C(=O)NCc2ccccc2CN2CCCC2=O)oc2c(Cl)cccc12. The van der Waals surface area contributed by atoms with Crippen molar-refractivity contribution in [2.75, 3.05) is 6.54 Å². The molecule has 1 N–H and O–H groups in total. The molecule has 3 aromatic rings. The molecule has 0 spiro atoms. The summed E-state index contributed by atoms with van der Waals surface area (Å²) < 4.78 is 5.73. The Balaban J connectivity index is 1.51. The van der Waals surface area contributed by atoms with Crippen LogP contribution in [0.2, 0.25) is 5.02 Å². The Bertz CT molecular complexity index is 1060. The van der Waals surface area contributed by atoms with Crippen LogP contribution in [-0.2, 0) is 17.9 Å². The van der Waals surface area contributed by atoms with Crippen LogP contribution in [0.4, 0.5) is 0 Å². The molecule has 1 fully saturated rings. The molecule has 1 saturated heterocycles. The highest BCUT2D eigenvalue weighted by molar-refractivity contribution is 6.35. The minimum Gasteiger partial charge on any atom is -0.449 e. The van der Waals surface area contributed by atoms with Gasteiger partial charge in [0.1, 0.15) is 0 Å². The number of rotatable bonds is 5. The Labute approximate surface area is 168 Å². The molecule has 0 saturated carbocycles. The summed E-state index contributed by atoms with van der Waals surface area (Å²) in [5.74, 6) is 0.181. The molecular weight excluding hydrogens is 376 g/mol. The zero-order valence-electron chi connectivity index (χ0n) is 15.6. The summed E-state index contributed by atoms with van der Waals surface area (Å²) in [4.78, 5) is 26.5. The van der Waals surface area contributed by atoms with Gasteiger partial charge in [-0.15, -0.1) is 0 Å². The van der Waals surface area contributed by atoms with E-state index in [-0.39, 0.29) is 17.6 Å². The van der Waals surface area contributed by atoms with Crippen LogP contribution in [-0.4, -0.2) is 23.3 Å². The van der Waals surface area contributed by atoms with Crippen molar-refractivity contribution in [2.24, 2.45) is 0 Å². The molecule has 1 aliphatic heterocycles. The minimum atomic E-state index is -0.281. The quantitative estimate of drug-likeness (QED) is 0.693. The van der Waals surface area contributed by atoms with E-state index in [1.165, 1.54) is 0 Å². The zero-order valence-corrected chi connectivity index (χ0v) is 16.4. The summed E-state index contributed by atoms with van der Waals surface area (Å²) in [6.07, 6.45) is 1.53. The van der Waals surface area contributed by atoms with Crippen molar-refractivity contribution in [3.63, 3.8) is 0 Å². The minimum absolute atomic E-state index is 0.189. The molecule has 5 nitrogen and oxygen atoms in total. The van der Waals surface area contributed by atoms with Gasteiger partial charge in [0.2, 0.25) is 5.91 Å². The van der Waals surface area contributed by atoms with Gasteiger partial charge in [-0.3, -0.25) is 9.59 Å². The van der Waals surface area contributed by atoms with E-state index in [1.54, 1.807) is 6.07 Å². The second-order valence-corrected chi connectivity index (χ2v) is 7.45. The van der Waals surface area contributed by atoms with Gasteiger partial charge >= 0.3 is 0 Å². The van der Waals surface area contributed by atoms with Crippen LogP contribution in [0.25, 0.3) is 11.0 Å². The Hall–Kier alpha value is -2.79. The van der Waals surface area contributed by atoms with Gasteiger partial charge in [-0.2, -0.15) is 0 Å². The van der Waals surface area contributed by atoms with Gasteiger partial charge < -0.3 is 14.6 Å². The fourth-order valence-electron chi connectivity index (χ4n) is 3.64. The van der Waals surface area contributed by atoms with Crippen LogP contribution in [0, 0.1) is 6.92 Å². The molecule has 0 radical (unpaired) electrons. The molecule has 2 aromatic carbocycles. The van der Waals surface area contributed by atoms with Crippen LogP contribution in [0.1, 0.15) is 40.1 Å². The number of carbonyl (C=O) groups is 2. The lowest BCUT2D eigenvalue weighted by Gasteiger charge is -2.18. The Kier molecular flexibility index (Phi) is 5.09. The van der Waals surface area contributed by atoms with Gasteiger partial charge in [0, 0.05) is 37.0 Å². The molecular formula is C22H21ClN2O3. The van der Waals surface area contributed by atoms with Gasteiger partial charge in [-0.05, 0) is 30.5 Å². The molecule has 0 aliphatic carbocycles. The van der Waals surface area contributed by atoms with Crippen molar-refractivity contribution in [2.45, 2.75) is 32.9 Å². The lowest BCUT2D eigenvalue weighted by atomic mass is 10.1. The van der Waals surface area contributed by atoms with Crippen molar-refractivity contribution >= 4 is 34.4 Å². The predicted molar refractivity (Wildman–Crippen MR) is 108 cm³/mol. The zero-order chi connectivity index (χ0) is 19.7. The van der Waals surface area contributed by atoms with Crippen molar-refractivity contribution in [3.05, 3.63) is 69.9 Å². The Morgan fingerprint density at radius 3 is 2.68 bits per heavy atom. The number of aryl methyl sites for hydroxylation is 1. The largest absolute Gasteiger partial charge is 0.449 e. The second kappa shape index (κ2) is 7.68. The first-order valence-electron chi connectivity index (χ1n) is 9.35. The van der Waals surface area contributed by atoms with E-state index in [0.717, 1.165) is 35.0 Å². The molecule has 28 heavy (non-hydrogen) atoms. The van der Waals surface area contributed by atoms with Gasteiger partial charge in [0.15, 0.2) is 11.3 Å². The van der Waals surface area contributed by atoms with Crippen molar-refractivity contribution < 1.29 is 14.0 Å². The number of carbonyl (C=O) groups excluding carboxylic acids is 2. The van der Waals surface area contributed by atoms with E-state index in [4.69, 9.17) is 16.0 Å². The summed E-state index contributed by atoms with van der Waals surface area (Å²) in [5.41, 5.74) is 3.33. The maximum Gasteiger partial charge on any atom is 0.287 e. The van der Waals surface area contributed by atoms with Gasteiger partial charge in [0.05, 0.1) is 5.02 Å². The highest BCUT2D eigenvalue weighted by Crippen LogP contribution is 2.30. The maximum absolute atomic E-state index is 12.7. The Morgan fingerprint density at radius 2 is 1.96 bits per heavy atom. The highest BCUT2D eigenvalue weighted by Gasteiger charge is 2.22. The van der Waals surface area contributed by atoms with Crippen molar-refractivity contribution in [3.8, 4) is 0 Å². The average Bonchev–Trinajstić information content (AvgIpc) is 3.25. The van der Waals surface area contributed by atoms with Crippen molar-refractivity contribution in [1.29, 1.82) is 0 Å². The summed E-state index contributed by atoms with van der Waals surface area (Å²) >= 11 is 6.18. The molecule has 1 aromatic heterocycles. The third-order valence-corrected chi connectivity index (χ3v) is 5.51. The van der Waals surface area contributed by atoms with Crippen molar-refractivity contribution in [1.82, 2.24) is 10.2 Å². The number of benzene rings is 2. The van der Waals surface area contributed by atoms with Crippen LogP contribution >= 0.6 is 11.6 Å². The standard InChI is InChI=1S/C22H21ClN2O3/c1-14-17-8-4-9-18(23)21(17)28-20(14)22(27)24-12-15-6-2-3-7-16(15)13-25-11-5-10-19(25)26/h2-4,6-9H,5,10-13H2,1H3,(H,24,27). The summed E-state index contributed by atoms with van der Waals surface area (Å²) in [7, 11) is 0. The molecule has 0 unspecified atom stereocenters. The molecule has 6 heteroatoms. The first-order chi connectivity index (χ1) is 13.5. The number of halogens is 1. The average molecular weight is 397 g/mol. The highest BCUT2D eigenvalue weighted by atomic mass is 35.5. The molecule has 2 heterocycles. The van der Waals surface area contributed by atoms with Gasteiger partial charge in [-0.1, -0.05) is 48.0 Å². The first kappa shape index (κ1) is 18.6. The second-order valence-electron chi connectivity index (χ2n) is 7.04.